The number of halogens is 3. The summed E-state index contributed by atoms with van der Waals surface area (Å²) in [5.41, 5.74) is 11.1. The molecule has 42 heavy (non-hydrogen) atoms. The van der Waals surface area contributed by atoms with Crippen LogP contribution in [0, 0.1) is 5.92 Å². The number of alkyl halides is 3. The van der Waals surface area contributed by atoms with E-state index < -0.39 is 84.2 Å². The molecular weight excluding hydrogens is 579 g/mol. The summed E-state index contributed by atoms with van der Waals surface area (Å²) in [7, 11) is 0. The first-order valence-corrected chi connectivity index (χ1v) is 11.9. The molecule has 0 saturated carbocycles. The van der Waals surface area contributed by atoms with E-state index in [2.05, 4.69) is 25.9 Å². The fraction of sp³-hybridized carbons (Fsp3) is 0.545. The van der Waals surface area contributed by atoms with Gasteiger partial charge in [0.2, 0.25) is 23.6 Å². The number of hydrogen-bond acceptors (Lipinski definition) is 9. The highest BCUT2D eigenvalue weighted by Crippen LogP contribution is 2.13. The van der Waals surface area contributed by atoms with Crippen molar-refractivity contribution in [2.75, 3.05) is 0 Å². The summed E-state index contributed by atoms with van der Waals surface area (Å²) < 4.78 is 31.7. The van der Waals surface area contributed by atoms with E-state index in [1.54, 1.807) is 13.8 Å². The number of carboxylic acid groups (broad SMARTS) is 3. The Bertz CT molecular complexity index is 1110. The lowest BCUT2D eigenvalue weighted by molar-refractivity contribution is -0.192. The van der Waals surface area contributed by atoms with Gasteiger partial charge in [0.05, 0.1) is 24.5 Å². The summed E-state index contributed by atoms with van der Waals surface area (Å²) in [6.07, 6.45) is -3.51. The molecule has 0 saturated heterocycles. The van der Waals surface area contributed by atoms with Gasteiger partial charge in [-0.2, -0.15) is 13.2 Å². The molecule has 4 amide bonds. The minimum absolute atomic E-state index is 0.119. The molecular formula is C22H32F3N7O10. The number of nitrogens with two attached hydrogens (primary N) is 2. The average Bonchev–Trinajstić information content (AvgIpc) is 3.37. The number of nitrogens with zero attached hydrogens (tertiary/aromatic N) is 1. The van der Waals surface area contributed by atoms with Gasteiger partial charge in [0, 0.05) is 19.0 Å². The third kappa shape index (κ3) is 14.6. The molecule has 1 heterocycles. The third-order valence-corrected chi connectivity index (χ3v) is 5.12. The molecule has 0 radical (unpaired) electrons. The van der Waals surface area contributed by atoms with Crippen LogP contribution in [-0.2, 0) is 40.0 Å². The van der Waals surface area contributed by atoms with Gasteiger partial charge in [-0.3, -0.25) is 24.0 Å². The summed E-state index contributed by atoms with van der Waals surface area (Å²) >= 11 is 0. The molecule has 20 heteroatoms. The summed E-state index contributed by atoms with van der Waals surface area (Å²) in [5, 5.41) is 32.6. The van der Waals surface area contributed by atoms with Crippen LogP contribution in [0.5, 0.6) is 0 Å². The zero-order chi connectivity index (χ0) is 32.8. The first-order chi connectivity index (χ1) is 19.3. The van der Waals surface area contributed by atoms with Crippen LogP contribution >= 0.6 is 0 Å². The minimum atomic E-state index is -5.08. The first kappa shape index (κ1) is 37.2. The van der Waals surface area contributed by atoms with Crippen LogP contribution in [0.3, 0.4) is 0 Å². The molecule has 0 fully saturated rings. The van der Waals surface area contributed by atoms with Crippen molar-refractivity contribution < 1.29 is 62.1 Å². The highest BCUT2D eigenvalue weighted by Gasteiger charge is 2.38. The smallest absolute Gasteiger partial charge is 0.481 e. The van der Waals surface area contributed by atoms with Gasteiger partial charge in [-0.15, -0.1) is 0 Å². The fourth-order valence-corrected chi connectivity index (χ4v) is 2.95. The largest absolute Gasteiger partial charge is 0.490 e. The Labute approximate surface area is 235 Å². The number of primary amides is 1. The van der Waals surface area contributed by atoms with Gasteiger partial charge in [-0.25, -0.2) is 14.6 Å². The Morgan fingerprint density at radius 3 is 1.90 bits per heavy atom. The number of aliphatic carboxylic acids is 3. The standard InChI is InChI=1S/C20H31N7O8.C2HF3O2/c1-9(2)16(19(33)26-13(20(34)35)5-10-7-23-8-24-10)27-18(32)12(6-15(29)30)25-17(31)11(21)3-4-14(22)28;3-2(4,5)1(6)7/h7-9,11-13,16H,3-6,21H2,1-2H3,(H2,22,28)(H,23,24)(H,25,31)(H,26,33)(H,27,32)(H,29,30)(H,34,35);(H,6,7)/t11-,12-,13-,16-;/m0./s1. The van der Waals surface area contributed by atoms with Crippen LogP contribution in [0.15, 0.2) is 12.5 Å². The van der Waals surface area contributed by atoms with E-state index in [9.17, 15) is 47.0 Å². The van der Waals surface area contributed by atoms with Crippen LogP contribution < -0.4 is 27.4 Å². The molecule has 1 aromatic rings. The Morgan fingerprint density at radius 1 is 0.952 bits per heavy atom. The zero-order valence-corrected chi connectivity index (χ0v) is 22.3. The molecule has 0 aliphatic rings. The summed E-state index contributed by atoms with van der Waals surface area (Å²) in [6.45, 7) is 3.16. The lowest BCUT2D eigenvalue weighted by Crippen LogP contribution is -2.59. The molecule has 0 bridgehead atoms. The highest BCUT2D eigenvalue weighted by molar-refractivity contribution is 5.95. The number of carbonyl (C=O) groups excluding carboxylic acids is 4. The summed E-state index contributed by atoms with van der Waals surface area (Å²) in [5.74, 6) is -9.41. The predicted octanol–water partition coefficient (Wildman–Crippen LogP) is -2.15. The van der Waals surface area contributed by atoms with Crippen molar-refractivity contribution in [3.05, 3.63) is 18.2 Å². The van der Waals surface area contributed by atoms with Gasteiger partial charge in [0.25, 0.3) is 0 Å². The maximum atomic E-state index is 12.8. The Hall–Kier alpha value is -4.75. The normalized spacial score (nSPS) is 13.8. The third-order valence-electron chi connectivity index (χ3n) is 5.12. The van der Waals surface area contributed by atoms with Crippen LogP contribution in [0.1, 0.15) is 38.8 Å². The molecule has 1 aromatic heterocycles. The zero-order valence-electron chi connectivity index (χ0n) is 22.3. The van der Waals surface area contributed by atoms with Gasteiger partial charge in [-0.05, 0) is 12.3 Å². The Balaban J connectivity index is 0.00000212. The van der Waals surface area contributed by atoms with Crippen molar-refractivity contribution in [1.29, 1.82) is 0 Å². The van der Waals surface area contributed by atoms with Gasteiger partial charge in [-0.1, -0.05) is 13.8 Å². The molecule has 0 spiro atoms. The molecule has 0 aliphatic carbocycles. The van der Waals surface area contributed by atoms with Crippen LogP contribution in [0.25, 0.3) is 0 Å². The van der Waals surface area contributed by atoms with Crippen LogP contribution in [0.4, 0.5) is 13.2 Å². The second-order valence-electron chi connectivity index (χ2n) is 8.97. The average molecular weight is 612 g/mol. The predicted molar refractivity (Wildman–Crippen MR) is 133 cm³/mol. The topological polar surface area (TPSA) is 297 Å². The highest BCUT2D eigenvalue weighted by atomic mass is 19.4. The summed E-state index contributed by atoms with van der Waals surface area (Å²) in [4.78, 5) is 87.0. The van der Waals surface area contributed by atoms with Crippen molar-refractivity contribution in [1.82, 2.24) is 25.9 Å². The minimum Gasteiger partial charge on any atom is -0.481 e. The molecule has 1 rings (SSSR count). The number of imidazole rings is 1. The van der Waals surface area contributed by atoms with Gasteiger partial charge in [0.15, 0.2) is 0 Å². The number of H-pyrrole nitrogens is 1. The second-order valence-corrected chi connectivity index (χ2v) is 8.97. The molecule has 17 nitrogen and oxygen atoms in total. The number of aromatic nitrogens is 2. The SMILES string of the molecule is CC(C)[C@H](NC(=O)[C@H](CC(=O)O)NC(=O)[C@@H](N)CCC(N)=O)C(=O)N[C@@H](Cc1c[nH]cn1)C(=O)O.O=C(O)C(F)(F)F. The monoisotopic (exact) mass is 611 g/mol. The number of carboxylic acids is 3. The molecule has 4 atom stereocenters. The van der Waals surface area contributed by atoms with Crippen LogP contribution in [-0.4, -0.2) is 97.2 Å². The van der Waals surface area contributed by atoms with Gasteiger partial charge >= 0.3 is 24.1 Å². The number of rotatable bonds is 15. The van der Waals surface area contributed by atoms with E-state index in [-0.39, 0.29) is 19.3 Å². The number of amides is 4. The molecule has 0 unspecified atom stereocenters. The van der Waals surface area contributed by atoms with E-state index in [1.165, 1.54) is 12.5 Å². The second kappa shape index (κ2) is 17.1. The van der Waals surface area contributed by atoms with E-state index >= 15 is 0 Å². The van der Waals surface area contributed by atoms with Crippen LogP contribution in [0.2, 0.25) is 0 Å². The lowest BCUT2D eigenvalue weighted by atomic mass is 10.0. The van der Waals surface area contributed by atoms with E-state index in [1.807, 2.05) is 0 Å². The van der Waals surface area contributed by atoms with Crippen molar-refractivity contribution in [2.24, 2.45) is 17.4 Å². The number of nitrogens with one attached hydrogen (secondary N) is 4. The van der Waals surface area contributed by atoms with Crippen molar-refractivity contribution in [3.8, 4) is 0 Å². The van der Waals surface area contributed by atoms with E-state index in [4.69, 9.17) is 26.5 Å². The van der Waals surface area contributed by atoms with Crippen molar-refractivity contribution in [2.45, 2.75) is 69.9 Å². The Kier molecular flexibility index (Phi) is 15.2. The lowest BCUT2D eigenvalue weighted by Gasteiger charge is -2.26. The van der Waals surface area contributed by atoms with Crippen molar-refractivity contribution in [3.63, 3.8) is 0 Å². The van der Waals surface area contributed by atoms with E-state index in [0.717, 1.165) is 0 Å². The van der Waals surface area contributed by atoms with E-state index in [0.29, 0.717) is 5.69 Å². The number of aromatic amines is 1. The molecule has 236 valence electrons. The Morgan fingerprint density at radius 2 is 1.50 bits per heavy atom. The summed E-state index contributed by atoms with van der Waals surface area (Å²) in [6, 6.07) is -5.41. The number of carbonyl (C=O) groups is 7. The molecule has 0 aromatic carbocycles. The quantitative estimate of drug-likeness (QED) is 0.103. The molecule has 0 aliphatic heterocycles. The fourth-order valence-electron chi connectivity index (χ4n) is 2.95. The van der Waals surface area contributed by atoms with Gasteiger partial charge in [0.1, 0.15) is 18.1 Å². The number of hydrogen-bond donors (Lipinski definition) is 9. The maximum absolute atomic E-state index is 12.8. The maximum Gasteiger partial charge on any atom is 0.490 e. The first-order valence-electron chi connectivity index (χ1n) is 11.9. The molecule has 11 N–H and O–H groups in total. The van der Waals surface area contributed by atoms with Gasteiger partial charge < -0.3 is 47.7 Å². The van der Waals surface area contributed by atoms with Crippen molar-refractivity contribution >= 4 is 41.5 Å².